The number of halogens is 1. The molecule has 0 aromatic rings. The Hall–Kier alpha value is -0.280. The van der Waals surface area contributed by atoms with Crippen LogP contribution in [0.4, 0.5) is 0 Å². The monoisotopic (exact) mass is 262 g/mol. The maximum atomic E-state index is 11.9. The van der Waals surface area contributed by atoms with E-state index in [9.17, 15) is 4.79 Å². The second-order valence-electron chi connectivity index (χ2n) is 5.65. The van der Waals surface area contributed by atoms with Gasteiger partial charge < -0.3 is 11.1 Å². The van der Waals surface area contributed by atoms with Crippen molar-refractivity contribution < 1.29 is 4.79 Å². The summed E-state index contributed by atoms with van der Waals surface area (Å²) < 4.78 is 0. The van der Waals surface area contributed by atoms with E-state index < -0.39 is 0 Å². The highest BCUT2D eigenvalue weighted by molar-refractivity contribution is 5.85. The van der Waals surface area contributed by atoms with E-state index in [4.69, 9.17) is 5.73 Å². The van der Waals surface area contributed by atoms with Crippen molar-refractivity contribution in [1.82, 2.24) is 5.32 Å². The van der Waals surface area contributed by atoms with Crippen LogP contribution >= 0.6 is 12.4 Å². The van der Waals surface area contributed by atoms with Gasteiger partial charge in [-0.2, -0.15) is 0 Å². The molecule has 1 aliphatic rings. The highest BCUT2D eigenvalue weighted by atomic mass is 35.5. The molecular weight excluding hydrogens is 236 g/mol. The molecule has 1 rings (SSSR count). The fraction of sp³-hybridized carbons (Fsp3) is 0.923. The first-order valence-corrected chi connectivity index (χ1v) is 6.49. The highest BCUT2D eigenvalue weighted by Gasteiger charge is 2.29. The van der Waals surface area contributed by atoms with Gasteiger partial charge in [-0.3, -0.25) is 4.79 Å². The van der Waals surface area contributed by atoms with Crippen LogP contribution in [0.3, 0.4) is 0 Å². The third-order valence-electron chi connectivity index (χ3n) is 4.06. The van der Waals surface area contributed by atoms with Crippen LogP contribution in [-0.2, 0) is 4.79 Å². The highest BCUT2D eigenvalue weighted by Crippen LogP contribution is 2.29. The molecule has 0 heterocycles. The van der Waals surface area contributed by atoms with Gasteiger partial charge in [-0.05, 0) is 24.2 Å². The molecule has 1 amide bonds. The van der Waals surface area contributed by atoms with E-state index in [1.54, 1.807) is 0 Å². The minimum Gasteiger partial charge on any atom is -0.352 e. The summed E-state index contributed by atoms with van der Waals surface area (Å²) in [4.78, 5) is 11.9. The smallest absolute Gasteiger partial charge is 0.237 e. The lowest BCUT2D eigenvalue weighted by Gasteiger charge is -2.35. The van der Waals surface area contributed by atoms with Gasteiger partial charge in [-0.1, -0.05) is 40.5 Å². The van der Waals surface area contributed by atoms with E-state index in [1.165, 1.54) is 12.8 Å². The summed E-state index contributed by atoms with van der Waals surface area (Å²) >= 11 is 0. The van der Waals surface area contributed by atoms with Crippen molar-refractivity contribution in [1.29, 1.82) is 0 Å². The summed E-state index contributed by atoms with van der Waals surface area (Å²) in [6.45, 7) is 8.47. The lowest BCUT2D eigenvalue weighted by Crippen LogP contribution is -2.51. The van der Waals surface area contributed by atoms with Crippen LogP contribution in [0.25, 0.3) is 0 Å². The van der Waals surface area contributed by atoms with E-state index in [-0.39, 0.29) is 30.3 Å². The van der Waals surface area contributed by atoms with Gasteiger partial charge in [0, 0.05) is 6.04 Å². The van der Waals surface area contributed by atoms with E-state index in [0.29, 0.717) is 17.9 Å². The Labute approximate surface area is 111 Å². The number of hydrogen-bond donors (Lipinski definition) is 2. The molecule has 4 unspecified atom stereocenters. The topological polar surface area (TPSA) is 55.1 Å². The first-order chi connectivity index (χ1) is 7.43. The molecule has 17 heavy (non-hydrogen) atoms. The molecule has 102 valence electrons. The van der Waals surface area contributed by atoms with E-state index >= 15 is 0 Å². The molecule has 1 fully saturated rings. The fourth-order valence-electron chi connectivity index (χ4n) is 2.37. The van der Waals surface area contributed by atoms with Crippen LogP contribution in [0, 0.1) is 17.8 Å². The first-order valence-electron chi connectivity index (χ1n) is 6.49. The predicted molar refractivity (Wildman–Crippen MR) is 74.2 cm³/mol. The second-order valence-corrected chi connectivity index (χ2v) is 5.65. The number of rotatable bonds is 3. The Morgan fingerprint density at radius 2 is 1.88 bits per heavy atom. The Bertz CT molecular complexity index is 246. The van der Waals surface area contributed by atoms with Crippen molar-refractivity contribution in [3.63, 3.8) is 0 Å². The van der Waals surface area contributed by atoms with Crippen molar-refractivity contribution >= 4 is 18.3 Å². The third kappa shape index (κ3) is 4.47. The summed E-state index contributed by atoms with van der Waals surface area (Å²) in [7, 11) is 0. The average molecular weight is 263 g/mol. The van der Waals surface area contributed by atoms with Gasteiger partial charge in [0.05, 0.1) is 6.04 Å². The summed E-state index contributed by atoms with van der Waals surface area (Å²) in [5.74, 6) is 1.49. The average Bonchev–Trinajstić information content (AvgIpc) is 2.23. The summed E-state index contributed by atoms with van der Waals surface area (Å²) in [6, 6.07) is -0.0505. The van der Waals surface area contributed by atoms with Gasteiger partial charge in [0.1, 0.15) is 0 Å². The van der Waals surface area contributed by atoms with Gasteiger partial charge in [0.15, 0.2) is 0 Å². The summed E-state index contributed by atoms with van der Waals surface area (Å²) in [5.41, 5.74) is 5.85. The maximum Gasteiger partial charge on any atom is 0.237 e. The van der Waals surface area contributed by atoms with E-state index in [0.717, 1.165) is 6.42 Å². The third-order valence-corrected chi connectivity index (χ3v) is 4.06. The quantitative estimate of drug-likeness (QED) is 0.820. The molecule has 0 radical (unpaired) electrons. The van der Waals surface area contributed by atoms with Gasteiger partial charge in [-0.15, -0.1) is 12.4 Å². The van der Waals surface area contributed by atoms with E-state index in [1.807, 2.05) is 13.8 Å². The van der Waals surface area contributed by atoms with Crippen LogP contribution in [-0.4, -0.2) is 18.0 Å². The molecule has 0 aliphatic heterocycles. The molecular formula is C13H27ClN2O. The van der Waals surface area contributed by atoms with Crippen molar-refractivity contribution in [2.75, 3.05) is 0 Å². The summed E-state index contributed by atoms with van der Waals surface area (Å²) in [5, 5.41) is 3.12. The lowest BCUT2D eigenvalue weighted by atomic mass is 9.78. The molecule has 0 saturated heterocycles. The Balaban J connectivity index is 0.00000256. The SMILES string of the molecule is CC(C)C(N)C(=O)NC1CCCC(C)C1C.Cl. The van der Waals surface area contributed by atoms with Crippen molar-refractivity contribution in [3.05, 3.63) is 0 Å². The Morgan fingerprint density at radius 1 is 1.29 bits per heavy atom. The first kappa shape index (κ1) is 16.7. The maximum absolute atomic E-state index is 11.9. The molecule has 4 heteroatoms. The van der Waals surface area contributed by atoms with Gasteiger partial charge in [0.2, 0.25) is 5.91 Å². The predicted octanol–water partition coefficient (Wildman–Crippen LogP) is 2.33. The largest absolute Gasteiger partial charge is 0.352 e. The van der Waals surface area contributed by atoms with E-state index in [2.05, 4.69) is 19.2 Å². The lowest BCUT2D eigenvalue weighted by molar-refractivity contribution is -0.124. The molecule has 0 aromatic heterocycles. The van der Waals surface area contributed by atoms with Crippen LogP contribution in [0.15, 0.2) is 0 Å². The van der Waals surface area contributed by atoms with Crippen LogP contribution in [0.1, 0.15) is 47.0 Å². The minimum atomic E-state index is -0.371. The number of carbonyl (C=O) groups excluding carboxylic acids is 1. The number of nitrogens with one attached hydrogen (secondary N) is 1. The minimum absolute atomic E-state index is 0. The van der Waals surface area contributed by atoms with Crippen LogP contribution in [0.2, 0.25) is 0 Å². The molecule has 3 nitrogen and oxygen atoms in total. The molecule has 0 spiro atoms. The van der Waals surface area contributed by atoms with Gasteiger partial charge >= 0.3 is 0 Å². The van der Waals surface area contributed by atoms with Crippen LogP contribution in [0.5, 0.6) is 0 Å². The number of amides is 1. The number of nitrogens with two attached hydrogens (primary N) is 1. The molecule has 1 aliphatic carbocycles. The zero-order valence-corrected chi connectivity index (χ0v) is 12.2. The second kappa shape index (κ2) is 7.22. The molecule has 4 atom stereocenters. The van der Waals surface area contributed by atoms with Crippen molar-refractivity contribution in [3.8, 4) is 0 Å². The fourth-order valence-corrected chi connectivity index (χ4v) is 2.37. The molecule has 3 N–H and O–H groups in total. The zero-order chi connectivity index (χ0) is 12.3. The Morgan fingerprint density at radius 3 is 2.41 bits per heavy atom. The Kier molecular flexibility index (Phi) is 7.10. The summed E-state index contributed by atoms with van der Waals surface area (Å²) in [6.07, 6.45) is 3.60. The number of carbonyl (C=O) groups is 1. The van der Waals surface area contributed by atoms with Crippen molar-refractivity contribution in [2.24, 2.45) is 23.5 Å². The normalized spacial score (nSPS) is 30.6. The number of hydrogen-bond acceptors (Lipinski definition) is 2. The molecule has 0 bridgehead atoms. The molecule has 1 saturated carbocycles. The van der Waals surface area contributed by atoms with Crippen molar-refractivity contribution in [2.45, 2.75) is 59.0 Å². The standard InChI is InChI=1S/C13H26N2O.ClH/c1-8(2)12(14)13(16)15-11-7-5-6-9(3)10(11)4;/h8-12H,5-7,14H2,1-4H3,(H,15,16);1H. The molecule has 0 aromatic carbocycles. The van der Waals surface area contributed by atoms with Crippen LogP contribution < -0.4 is 11.1 Å². The van der Waals surface area contributed by atoms with Gasteiger partial charge in [0.25, 0.3) is 0 Å². The van der Waals surface area contributed by atoms with Gasteiger partial charge in [-0.25, -0.2) is 0 Å². The zero-order valence-electron chi connectivity index (χ0n) is 11.4.